The fourth-order valence-corrected chi connectivity index (χ4v) is 4.61. The van der Waals surface area contributed by atoms with Crippen LogP contribution in [-0.2, 0) is 17.5 Å². The summed E-state index contributed by atoms with van der Waals surface area (Å²) in [5.74, 6) is -0.464. The summed E-state index contributed by atoms with van der Waals surface area (Å²) < 4.78 is 43.9. The number of benzene rings is 2. The Kier molecular flexibility index (Phi) is 7.31. The minimum absolute atomic E-state index is 0.398. The average molecular weight is 479 g/mol. The number of nitrogens with zero attached hydrogens (tertiary/aromatic N) is 2. The molecular formula is C24H25F3N2O3S. The quantitative estimate of drug-likeness (QED) is 0.415. The van der Waals surface area contributed by atoms with Gasteiger partial charge in [-0.05, 0) is 63.1 Å². The van der Waals surface area contributed by atoms with Gasteiger partial charge in [-0.2, -0.15) is 13.2 Å². The summed E-state index contributed by atoms with van der Waals surface area (Å²) in [6.45, 7) is 8.60. The zero-order valence-corrected chi connectivity index (χ0v) is 19.6. The third-order valence-electron chi connectivity index (χ3n) is 5.22. The molecule has 1 aromatic heterocycles. The van der Waals surface area contributed by atoms with Crippen LogP contribution >= 0.6 is 11.3 Å². The van der Waals surface area contributed by atoms with E-state index in [0.29, 0.717) is 22.9 Å². The monoisotopic (exact) mass is 478 g/mol. The zero-order chi connectivity index (χ0) is 24.3. The molecule has 0 bridgehead atoms. The van der Waals surface area contributed by atoms with E-state index < -0.39 is 24.3 Å². The van der Waals surface area contributed by atoms with Gasteiger partial charge in [0.25, 0.3) is 0 Å². The number of aryl methyl sites for hydroxylation is 3. The van der Waals surface area contributed by atoms with E-state index in [2.05, 4.69) is 9.88 Å². The van der Waals surface area contributed by atoms with Crippen molar-refractivity contribution in [2.75, 3.05) is 18.1 Å². The number of aromatic nitrogens is 1. The molecule has 0 spiro atoms. The van der Waals surface area contributed by atoms with Crippen LogP contribution in [0.15, 0.2) is 36.4 Å². The first-order valence-electron chi connectivity index (χ1n) is 10.3. The molecular weight excluding hydrogens is 453 g/mol. The molecule has 0 atom stereocenters. The molecule has 0 saturated heterocycles. The first kappa shape index (κ1) is 24.6. The number of anilines is 1. The molecule has 0 aliphatic heterocycles. The van der Waals surface area contributed by atoms with E-state index in [-0.39, 0.29) is 0 Å². The highest BCUT2D eigenvalue weighted by Gasteiger charge is 2.30. The van der Waals surface area contributed by atoms with E-state index in [1.807, 2.05) is 39.8 Å². The zero-order valence-electron chi connectivity index (χ0n) is 18.8. The summed E-state index contributed by atoms with van der Waals surface area (Å²) in [7, 11) is 0. The van der Waals surface area contributed by atoms with Gasteiger partial charge in [-0.25, -0.2) is 9.78 Å². The van der Waals surface area contributed by atoms with Gasteiger partial charge in [-0.15, -0.1) is 11.3 Å². The lowest BCUT2D eigenvalue weighted by atomic mass is 10.1. The number of alkyl halides is 3. The van der Waals surface area contributed by atoms with E-state index in [1.165, 1.54) is 23.5 Å². The molecule has 0 amide bonds. The second-order valence-electron chi connectivity index (χ2n) is 7.71. The highest BCUT2D eigenvalue weighted by Crippen LogP contribution is 2.35. The second-order valence-corrected chi connectivity index (χ2v) is 8.79. The van der Waals surface area contributed by atoms with Crippen molar-refractivity contribution in [3.63, 3.8) is 0 Å². The van der Waals surface area contributed by atoms with Crippen molar-refractivity contribution in [2.45, 2.75) is 40.4 Å². The van der Waals surface area contributed by atoms with Crippen LogP contribution in [0.25, 0.3) is 10.6 Å². The molecule has 0 saturated carbocycles. The van der Waals surface area contributed by atoms with Crippen molar-refractivity contribution in [3.8, 4) is 16.3 Å². The number of thiazole rings is 1. The predicted molar refractivity (Wildman–Crippen MR) is 123 cm³/mol. The Balaban J connectivity index is 1.82. The summed E-state index contributed by atoms with van der Waals surface area (Å²) in [4.78, 5) is 18.6. The van der Waals surface area contributed by atoms with Crippen molar-refractivity contribution >= 4 is 23.0 Å². The minimum Gasteiger partial charge on any atom is -0.481 e. The van der Waals surface area contributed by atoms with E-state index in [1.54, 1.807) is 0 Å². The molecule has 3 rings (SSSR count). The fourth-order valence-electron chi connectivity index (χ4n) is 3.53. The van der Waals surface area contributed by atoms with Crippen LogP contribution < -0.4 is 9.64 Å². The van der Waals surface area contributed by atoms with Crippen molar-refractivity contribution in [1.82, 2.24) is 4.98 Å². The lowest BCUT2D eigenvalue weighted by Crippen LogP contribution is -2.22. The van der Waals surface area contributed by atoms with Gasteiger partial charge in [0.2, 0.25) is 0 Å². The third kappa shape index (κ3) is 5.84. The molecule has 0 aliphatic carbocycles. The Labute approximate surface area is 194 Å². The Hall–Kier alpha value is -3.07. The molecule has 9 heteroatoms. The summed E-state index contributed by atoms with van der Waals surface area (Å²) in [6.07, 6.45) is -4.37. The van der Waals surface area contributed by atoms with Crippen LogP contribution in [0.3, 0.4) is 0 Å². The van der Waals surface area contributed by atoms with Crippen LogP contribution in [-0.4, -0.2) is 29.2 Å². The highest BCUT2D eigenvalue weighted by molar-refractivity contribution is 7.15. The lowest BCUT2D eigenvalue weighted by Gasteiger charge is -2.24. The normalized spacial score (nSPS) is 11.5. The Morgan fingerprint density at radius 2 is 1.73 bits per heavy atom. The van der Waals surface area contributed by atoms with Crippen molar-refractivity contribution in [3.05, 3.63) is 63.7 Å². The van der Waals surface area contributed by atoms with Crippen molar-refractivity contribution in [2.24, 2.45) is 0 Å². The molecule has 1 N–H and O–H groups in total. The molecule has 0 radical (unpaired) electrons. The topological polar surface area (TPSA) is 62.7 Å². The number of carboxylic acids is 1. The van der Waals surface area contributed by atoms with E-state index in [9.17, 15) is 18.0 Å². The lowest BCUT2D eigenvalue weighted by molar-refractivity contribution is -0.139. The molecule has 176 valence electrons. The fraction of sp³-hybridized carbons (Fsp3) is 0.333. The van der Waals surface area contributed by atoms with E-state index >= 15 is 0 Å². The number of carboxylic acid groups (broad SMARTS) is 1. The molecule has 0 aliphatic rings. The standard InChI is InChI=1S/C24H25F3N2O3S/c1-5-29(19-10-14(2)22(15(3)11-19)32-13-21(30)31)12-20-16(4)28-23(33-20)17-6-8-18(9-7-17)24(25,26)27/h6-11H,5,12-13H2,1-4H3,(H,30,31). The molecule has 3 aromatic rings. The van der Waals surface area contributed by atoms with E-state index in [0.717, 1.165) is 46.1 Å². The first-order chi connectivity index (χ1) is 15.5. The molecule has 0 fully saturated rings. The van der Waals surface area contributed by atoms with Crippen molar-refractivity contribution < 1.29 is 27.8 Å². The summed E-state index contributed by atoms with van der Waals surface area (Å²) in [6, 6.07) is 8.96. The molecule has 0 unspecified atom stereocenters. The van der Waals surface area contributed by atoms with Crippen molar-refractivity contribution in [1.29, 1.82) is 0 Å². The number of aliphatic carboxylic acids is 1. The number of rotatable bonds is 8. The number of ether oxygens (including phenoxy) is 1. The predicted octanol–water partition coefficient (Wildman–Crippen LogP) is 6.24. The first-order valence-corrected chi connectivity index (χ1v) is 11.2. The Morgan fingerprint density at radius 3 is 2.24 bits per heavy atom. The van der Waals surface area contributed by atoms with Crippen LogP contribution in [0.4, 0.5) is 18.9 Å². The second kappa shape index (κ2) is 9.82. The van der Waals surface area contributed by atoms with Crippen LogP contribution in [0.1, 0.15) is 34.2 Å². The average Bonchev–Trinajstić information content (AvgIpc) is 3.10. The Morgan fingerprint density at radius 1 is 1.12 bits per heavy atom. The molecule has 1 heterocycles. The van der Waals surface area contributed by atoms with Gasteiger partial charge in [0.05, 0.1) is 17.8 Å². The molecule has 2 aromatic carbocycles. The number of hydrogen-bond donors (Lipinski definition) is 1. The van der Waals surface area contributed by atoms with Gasteiger partial charge >= 0.3 is 12.1 Å². The maximum absolute atomic E-state index is 12.8. The largest absolute Gasteiger partial charge is 0.481 e. The SMILES string of the molecule is CCN(Cc1sc(-c2ccc(C(F)(F)F)cc2)nc1C)c1cc(C)c(OCC(=O)O)c(C)c1. The number of carbonyl (C=O) groups is 1. The van der Waals surface area contributed by atoms with Gasteiger partial charge in [-0.1, -0.05) is 12.1 Å². The molecule has 33 heavy (non-hydrogen) atoms. The van der Waals surface area contributed by atoms with Gasteiger partial charge in [0.15, 0.2) is 6.61 Å². The third-order valence-corrected chi connectivity index (χ3v) is 6.41. The minimum atomic E-state index is -4.37. The van der Waals surface area contributed by atoms with Crippen LogP contribution in [0, 0.1) is 20.8 Å². The van der Waals surface area contributed by atoms with Gasteiger partial charge in [0, 0.05) is 22.7 Å². The van der Waals surface area contributed by atoms with E-state index in [4.69, 9.17) is 9.84 Å². The van der Waals surface area contributed by atoms with Crippen LogP contribution in [0.5, 0.6) is 5.75 Å². The number of halogens is 3. The van der Waals surface area contributed by atoms with Crippen LogP contribution in [0.2, 0.25) is 0 Å². The van der Waals surface area contributed by atoms with Gasteiger partial charge in [-0.3, -0.25) is 0 Å². The maximum Gasteiger partial charge on any atom is 0.416 e. The maximum atomic E-state index is 12.8. The smallest absolute Gasteiger partial charge is 0.416 e. The Bertz CT molecular complexity index is 1120. The summed E-state index contributed by atoms with van der Waals surface area (Å²) >= 11 is 1.46. The highest BCUT2D eigenvalue weighted by atomic mass is 32.1. The van der Waals surface area contributed by atoms with Gasteiger partial charge in [0.1, 0.15) is 10.8 Å². The number of hydrogen-bond acceptors (Lipinski definition) is 5. The molecule has 5 nitrogen and oxygen atoms in total. The van der Waals surface area contributed by atoms with Gasteiger partial charge < -0.3 is 14.7 Å². The summed E-state index contributed by atoms with van der Waals surface area (Å²) in [5.41, 5.74) is 3.46. The summed E-state index contributed by atoms with van der Waals surface area (Å²) in [5, 5.41) is 9.55.